The van der Waals surface area contributed by atoms with Gasteiger partial charge < -0.3 is 15.2 Å². The number of amides is 2. The van der Waals surface area contributed by atoms with Crippen molar-refractivity contribution in [2.45, 2.75) is 98.3 Å². The minimum absolute atomic E-state index is 0.0268. The van der Waals surface area contributed by atoms with Gasteiger partial charge in [-0.05, 0) is 97.4 Å². The number of aliphatic hydroxyl groups excluding tert-OH is 1. The number of pyridine rings is 1. The van der Waals surface area contributed by atoms with Crippen molar-refractivity contribution in [3.63, 3.8) is 0 Å². The van der Waals surface area contributed by atoms with Gasteiger partial charge in [0.25, 0.3) is 0 Å². The zero-order valence-corrected chi connectivity index (χ0v) is 35.0. The van der Waals surface area contributed by atoms with Crippen molar-refractivity contribution in [3.05, 3.63) is 24.4 Å². The van der Waals surface area contributed by atoms with Crippen LogP contribution in [0.1, 0.15) is 81.6 Å². The lowest BCUT2D eigenvalue weighted by Gasteiger charge is -2.41. The Bertz CT molecular complexity index is 1290. The number of rotatable bonds is 18. The van der Waals surface area contributed by atoms with Gasteiger partial charge in [0.2, 0.25) is 16.1 Å². The summed E-state index contributed by atoms with van der Waals surface area (Å²) in [6.07, 6.45) is 0.960. The first-order valence-electron chi connectivity index (χ1n) is 15.0. The lowest BCUT2D eigenvalue weighted by atomic mass is 9.65. The summed E-state index contributed by atoms with van der Waals surface area (Å²) in [7, 11) is 7.91. The number of nitrogens with one attached hydrogen (secondary N) is 4. The number of carbonyl (C=O) groups is 4. The Labute approximate surface area is 298 Å². The third-order valence-electron chi connectivity index (χ3n) is 6.87. The maximum atomic E-state index is 14.2. The monoisotopic (exact) mass is 787 g/mol. The normalized spacial score (nSPS) is 16.7. The summed E-state index contributed by atoms with van der Waals surface area (Å²) >= 11 is 0. The van der Waals surface area contributed by atoms with Gasteiger partial charge in [-0.25, -0.2) is 15.2 Å². The van der Waals surface area contributed by atoms with Crippen molar-refractivity contribution in [2.75, 3.05) is 18.8 Å². The van der Waals surface area contributed by atoms with Gasteiger partial charge in [0.05, 0.1) is 6.10 Å². The molecule has 0 radical (unpaired) electrons. The van der Waals surface area contributed by atoms with E-state index in [1.165, 1.54) is 0 Å². The van der Waals surface area contributed by atoms with E-state index in [0.29, 0.717) is 13.0 Å². The molecule has 0 aliphatic heterocycles. The van der Waals surface area contributed by atoms with Crippen molar-refractivity contribution in [2.24, 2.45) is 16.2 Å². The maximum absolute atomic E-state index is 14.2. The first-order chi connectivity index (χ1) is 21.7. The number of hydrazine groups is 1. The van der Waals surface area contributed by atoms with Crippen LogP contribution in [0.5, 0.6) is 0 Å². The van der Waals surface area contributed by atoms with Gasteiger partial charge in [-0.3, -0.25) is 19.1 Å². The van der Waals surface area contributed by atoms with Gasteiger partial charge in [0.1, 0.15) is 10.6 Å². The van der Waals surface area contributed by atoms with Crippen LogP contribution in [0.25, 0.3) is 0 Å². The number of hydrogen-bond donors (Lipinski definition) is 5. The van der Waals surface area contributed by atoms with Crippen LogP contribution >= 0.6 is 45.6 Å². The van der Waals surface area contributed by atoms with Gasteiger partial charge in [0, 0.05) is 41.3 Å². The largest absolute Gasteiger partial charge is 0.443 e. The van der Waals surface area contributed by atoms with Crippen LogP contribution in [0.2, 0.25) is 0 Å². The van der Waals surface area contributed by atoms with Gasteiger partial charge in [0.15, 0.2) is 0 Å². The molecule has 0 saturated heterocycles. The molecule has 1 heterocycles. The van der Waals surface area contributed by atoms with E-state index in [-0.39, 0.29) is 35.5 Å². The predicted octanol–water partition coefficient (Wildman–Crippen LogP) is 6.00. The van der Waals surface area contributed by atoms with E-state index in [1.54, 1.807) is 69.3 Å². The van der Waals surface area contributed by atoms with Crippen molar-refractivity contribution >= 4 is 88.3 Å². The van der Waals surface area contributed by atoms with Crippen molar-refractivity contribution in [3.8, 4) is 0 Å². The maximum Gasteiger partial charge on any atom is 0.422 e. The molecule has 0 bridgehead atoms. The van der Waals surface area contributed by atoms with Crippen molar-refractivity contribution in [1.82, 2.24) is 25.3 Å². The molecule has 1 aromatic heterocycles. The molecule has 18 heteroatoms. The predicted molar refractivity (Wildman–Crippen MR) is 207 cm³/mol. The second kappa shape index (κ2) is 20.4. The minimum atomic E-state index is -1.39. The fourth-order valence-corrected chi connectivity index (χ4v) is 12.7. The number of carbonyl (C=O) groups excluding carboxylic acids is 4. The number of nitrogens with zero attached hydrogens (tertiary/aromatic N) is 1. The van der Waals surface area contributed by atoms with E-state index in [1.807, 2.05) is 39.0 Å². The van der Waals surface area contributed by atoms with E-state index in [9.17, 15) is 24.3 Å². The van der Waals surface area contributed by atoms with Crippen LogP contribution < -0.4 is 20.3 Å². The smallest absolute Gasteiger partial charge is 0.422 e. The van der Waals surface area contributed by atoms with Crippen LogP contribution in [0.3, 0.4) is 0 Å². The highest BCUT2D eigenvalue weighted by molar-refractivity contribution is 8.76. The Morgan fingerprint density at radius 3 is 2.28 bits per heavy atom. The molecule has 47 heavy (non-hydrogen) atoms. The SMILES string of the molecule is CCC(C)(CC(C)(CC(C)(C)C(=O)S(NCCSSc1ccccn1)=PP)C(=O)S(=P)NNC(=O)OC(C)(C)C)C(=O)NCC(C)O. The summed E-state index contributed by atoms with van der Waals surface area (Å²) in [4.78, 5) is 61.0. The average Bonchev–Trinajstić information content (AvgIpc) is 2.98. The van der Waals surface area contributed by atoms with Gasteiger partial charge in [-0.15, -0.1) is 0 Å². The molecule has 0 fully saturated rings. The topological polar surface area (TPSA) is 159 Å². The zero-order chi connectivity index (χ0) is 36.1. The fourth-order valence-electron chi connectivity index (χ4n) is 4.72. The highest BCUT2D eigenvalue weighted by Gasteiger charge is 2.48. The van der Waals surface area contributed by atoms with Gasteiger partial charge >= 0.3 is 6.09 Å². The fraction of sp³-hybridized carbons (Fsp3) is 0.690. The first kappa shape index (κ1) is 44.6. The standard InChI is InChI=1S/C29H52N5O6P3S4/c1-10-28(8,22(36)31-17-20(2)35)19-29(9,24(38)46(42)34-33-25(39)40-26(3,4)5)18-27(6,7)23(37)47(43-41)32-15-16-44-45-21-13-11-12-14-30-21/h11-14,20,32,34-35,42H,10,15-19,41H2,1-9H3,(H,31,36)(H,33,39). The molecule has 11 nitrogen and oxygen atoms in total. The molecule has 0 aliphatic rings. The van der Waals surface area contributed by atoms with E-state index in [0.717, 1.165) is 17.8 Å². The van der Waals surface area contributed by atoms with Crippen LogP contribution in [-0.2, 0) is 39.6 Å². The van der Waals surface area contributed by atoms with E-state index in [4.69, 9.17) is 4.74 Å². The summed E-state index contributed by atoms with van der Waals surface area (Å²) in [6, 6.07) is 5.76. The molecule has 6 unspecified atom stereocenters. The number of aromatic nitrogens is 1. The molecule has 2 amide bonds. The third-order valence-corrected chi connectivity index (χ3v) is 16.2. The lowest BCUT2D eigenvalue weighted by Crippen LogP contribution is -2.50. The summed E-state index contributed by atoms with van der Waals surface area (Å²) in [5.41, 5.74) is -1.46. The molecule has 0 spiro atoms. The molecular formula is C29H52N5O6P3S4. The Hall–Kier alpha value is -0.460. The number of aliphatic hydroxyl groups is 1. The third kappa shape index (κ3) is 16.0. The molecule has 1 rings (SSSR count). The van der Waals surface area contributed by atoms with Gasteiger partial charge in [-0.2, -0.15) is 4.83 Å². The van der Waals surface area contributed by atoms with E-state index < -0.39 is 54.6 Å². The van der Waals surface area contributed by atoms with Crippen LogP contribution in [0, 0.1) is 16.2 Å². The average molecular weight is 788 g/mol. The lowest BCUT2D eigenvalue weighted by molar-refractivity contribution is -0.135. The molecule has 0 aliphatic carbocycles. The molecule has 5 N–H and O–H groups in total. The second-order valence-corrected chi connectivity index (χ2v) is 23.2. The highest BCUT2D eigenvalue weighted by atomic mass is 33.1. The quantitative estimate of drug-likeness (QED) is 0.0515. The molecular weight excluding hydrogens is 736 g/mol. The summed E-state index contributed by atoms with van der Waals surface area (Å²) in [5.74, 6) is 0.469. The Balaban J connectivity index is 3.22. The second-order valence-electron chi connectivity index (χ2n) is 13.2. The molecule has 0 aromatic carbocycles. The molecule has 6 atom stereocenters. The number of hydrogen-bond acceptors (Lipinski definition) is 9. The number of ether oxygens (including phenoxy) is 1. The van der Waals surface area contributed by atoms with E-state index in [2.05, 4.69) is 42.2 Å². The van der Waals surface area contributed by atoms with Crippen molar-refractivity contribution in [1.29, 1.82) is 0 Å². The van der Waals surface area contributed by atoms with Crippen LogP contribution in [0.4, 0.5) is 4.79 Å². The molecule has 1 aromatic rings. The van der Waals surface area contributed by atoms with E-state index >= 15 is 0 Å². The summed E-state index contributed by atoms with van der Waals surface area (Å²) in [5, 5.41) is 13.1. The Morgan fingerprint density at radius 1 is 1.09 bits per heavy atom. The first-order valence-corrected chi connectivity index (χ1v) is 24.2. The zero-order valence-electron chi connectivity index (χ0n) is 28.7. The van der Waals surface area contributed by atoms with Crippen molar-refractivity contribution < 1.29 is 29.0 Å². The molecule has 268 valence electrons. The minimum Gasteiger partial charge on any atom is -0.443 e. The Kier molecular flexibility index (Phi) is 19.3. The highest BCUT2D eigenvalue weighted by Crippen LogP contribution is 2.46. The van der Waals surface area contributed by atoms with Gasteiger partial charge in [-0.1, -0.05) is 68.4 Å². The Morgan fingerprint density at radius 2 is 1.74 bits per heavy atom. The summed E-state index contributed by atoms with van der Waals surface area (Å²) in [6.45, 7) is 16.5. The van der Waals surface area contributed by atoms with Crippen LogP contribution in [0.15, 0.2) is 29.4 Å². The molecule has 0 saturated carbocycles. The van der Waals surface area contributed by atoms with Crippen LogP contribution in [-0.4, -0.2) is 62.9 Å². The summed E-state index contributed by atoms with van der Waals surface area (Å²) < 4.78 is 8.67.